The van der Waals surface area contributed by atoms with Crippen LogP contribution in [0, 0.1) is 6.92 Å². The van der Waals surface area contributed by atoms with E-state index < -0.39 is 0 Å². The number of aryl methyl sites for hydroxylation is 2. The quantitative estimate of drug-likeness (QED) is 0.787. The van der Waals surface area contributed by atoms with Crippen molar-refractivity contribution in [3.05, 3.63) is 40.1 Å². The predicted octanol–water partition coefficient (Wildman–Crippen LogP) is 2.01. The number of aromatic nitrogens is 2. The highest BCUT2D eigenvalue weighted by molar-refractivity contribution is 7.10. The van der Waals surface area contributed by atoms with Gasteiger partial charge in [-0.15, -0.1) is 11.3 Å². The minimum Gasteiger partial charge on any atom is -0.337 e. The van der Waals surface area contributed by atoms with Crippen molar-refractivity contribution in [3.63, 3.8) is 0 Å². The highest BCUT2D eigenvalue weighted by Gasteiger charge is 2.04. The molecule has 1 N–H and O–H groups in total. The first-order chi connectivity index (χ1) is 9.16. The van der Waals surface area contributed by atoms with E-state index in [9.17, 15) is 0 Å². The Hall–Kier alpha value is -1.17. The molecule has 0 radical (unpaired) electrons. The lowest BCUT2D eigenvalue weighted by Crippen LogP contribution is -2.29. The molecule has 0 aliphatic carbocycles. The van der Waals surface area contributed by atoms with Gasteiger partial charge in [0.25, 0.3) is 0 Å². The second kappa shape index (κ2) is 6.84. The van der Waals surface area contributed by atoms with Gasteiger partial charge in [-0.25, -0.2) is 4.98 Å². The van der Waals surface area contributed by atoms with Gasteiger partial charge in [-0.3, -0.25) is 4.90 Å². The number of nitrogens with zero attached hydrogens (tertiary/aromatic N) is 3. The number of nitrogens with one attached hydrogen (secondary N) is 1. The third-order valence-electron chi connectivity index (χ3n) is 3.26. The zero-order valence-electron chi connectivity index (χ0n) is 11.9. The van der Waals surface area contributed by atoms with Gasteiger partial charge in [0.2, 0.25) is 0 Å². The average molecular weight is 278 g/mol. The Balaban J connectivity index is 1.66. The molecule has 0 bridgehead atoms. The Bertz CT molecular complexity index is 503. The number of rotatable bonds is 7. The summed E-state index contributed by atoms with van der Waals surface area (Å²) >= 11 is 1.82. The van der Waals surface area contributed by atoms with Crippen LogP contribution in [0.4, 0.5) is 0 Å². The van der Waals surface area contributed by atoms with Crippen LogP contribution in [-0.4, -0.2) is 34.6 Å². The van der Waals surface area contributed by atoms with Crippen molar-refractivity contribution in [2.45, 2.75) is 20.0 Å². The molecule has 2 aromatic heterocycles. The van der Waals surface area contributed by atoms with Crippen LogP contribution in [0.3, 0.4) is 0 Å². The van der Waals surface area contributed by atoms with Crippen molar-refractivity contribution >= 4 is 11.3 Å². The third kappa shape index (κ3) is 4.16. The van der Waals surface area contributed by atoms with E-state index in [0.29, 0.717) is 0 Å². The predicted molar refractivity (Wildman–Crippen MR) is 80.3 cm³/mol. The van der Waals surface area contributed by atoms with Gasteiger partial charge in [0.05, 0.1) is 6.54 Å². The van der Waals surface area contributed by atoms with E-state index in [4.69, 9.17) is 0 Å². The first kappa shape index (κ1) is 14.2. The van der Waals surface area contributed by atoms with Crippen LogP contribution >= 0.6 is 11.3 Å². The molecule has 0 spiro atoms. The summed E-state index contributed by atoms with van der Waals surface area (Å²) in [4.78, 5) is 8.06. The first-order valence-corrected chi connectivity index (χ1v) is 7.43. The van der Waals surface area contributed by atoms with Gasteiger partial charge in [0, 0.05) is 44.0 Å². The van der Waals surface area contributed by atoms with Crippen molar-refractivity contribution in [3.8, 4) is 0 Å². The van der Waals surface area contributed by atoms with Crippen molar-refractivity contribution in [1.82, 2.24) is 19.8 Å². The van der Waals surface area contributed by atoms with E-state index in [1.807, 2.05) is 30.8 Å². The van der Waals surface area contributed by atoms with E-state index in [0.717, 1.165) is 32.0 Å². The standard InChI is InChI=1S/C14H22N4S/c1-12-4-9-19-13(12)10-15-5-7-17(2)11-14-16-6-8-18(14)3/h4,6,8-9,15H,5,7,10-11H2,1-3H3. The van der Waals surface area contributed by atoms with Gasteiger partial charge in [-0.1, -0.05) is 0 Å². The third-order valence-corrected chi connectivity index (χ3v) is 4.28. The van der Waals surface area contributed by atoms with E-state index in [-0.39, 0.29) is 0 Å². The van der Waals surface area contributed by atoms with E-state index in [1.165, 1.54) is 10.4 Å². The Morgan fingerprint density at radius 3 is 2.95 bits per heavy atom. The van der Waals surface area contributed by atoms with Gasteiger partial charge >= 0.3 is 0 Å². The zero-order chi connectivity index (χ0) is 13.7. The molecule has 0 fully saturated rings. The molecule has 0 aliphatic heterocycles. The highest BCUT2D eigenvalue weighted by Crippen LogP contribution is 2.14. The summed E-state index contributed by atoms with van der Waals surface area (Å²) in [5.41, 5.74) is 1.39. The molecule has 0 saturated carbocycles. The second-order valence-corrected chi connectivity index (χ2v) is 5.90. The van der Waals surface area contributed by atoms with Gasteiger partial charge in [0.15, 0.2) is 0 Å². The van der Waals surface area contributed by atoms with Gasteiger partial charge in [0.1, 0.15) is 5.82 Å². The molecule has 4 nitrogen and oxygen atoms in total. The summed E-state index contributed by atoms with van der Waals surface area (Å²) in [6, 6.07) is 2.18. The minimum atomic E-state index is 0.892. The van der Waals surface area contributed by atoms with Crippen molar-refractivity contribution < 1.29 is 0 Å². The molecule has 0 saturated heterocycles. The molecule has 0 aliphatic rings. The topological polar surface area (TPSA) is 33.1 Å². The normalized spacial score (nSPS) is 11.4. The average Bonchev–Trinajstić information content (AvgIpc) is 2.95. The van der Waals surface area contributed by atoms with Crippen LogP contribution < -0.4 is 5.32 Å². The Morgan fingerprint density at radius 2 is 2.32 bits per heavy atom. The number of likely N-dealkylation sites (N-methyl/N-ethyl adjacent to an activating group) is 1. The van der Waals surface area contributed by atoms with Crippen LogP contribution in [0.5, 0.6) is 0 Å². The minimum absolute atomic E-state index is 0.892. The summed E-state index contributed by atoms with van der Waals surface area (Å²) in [6.07, 6.45) is 3.84. The molecule has 0 atom stereocenters. The fourth-order valence-electron chi connectivity index (χ4n) is 1.93. The summed E-state index contributed by atoms with van der Waals surface area (Å²) in [7, 11) is 4.17. The van der Waals surface area contributed by atoms with Crippen LogP contribution in [0.15, 0.2) is 23.8 Å². The first-order valence-electron chi connectivity index (χ1n) is 6.55. The number of hydrogen-bond donors (Lipinski definition) is 1. The molecule has 0 amide bonds. The molecule has 0 aromatic carbocycles. The maximum atomic E-state index is 4.34. The van der Waals surface area contributed by atoms with Crippen molar-refractivity contribution in [2.75, 3.05) is 20.1 Å². The molecule has 5 heteroatoms. The summed E-state index contributed by atoms with van der Waals surface area (Å²) in [6.45, 7) is 6.05. The lowest BCUT2D eigenvalue weighted by atomic mass is 10.3. The van der Waals surface area contributed by atoms with Crippen LogP contribution in [-0.2, 0) is 20.1 Å². The molecule has 2 heterocycles. The molecular formula is C14H22N4S. The van der Waals surface area contributed by atoms with E-state index >= 15 is 0 Å². The van der Waals surface area contributed by atoms with Crippen molar-refractivity contribution in [2.24, 2.45) is 7.05 Å². The Morgan fingerprint density at radius 1 is 1.47 bits per heavy atom. The SMILES string of the molecule is Cc1ccsc1CNCCN(C)Cc1nccn1C. The fraction of sp³-hybridized carbons (Fsp3) is 0.500. The maximum absolute atomic E-state index is 4.34. The monoisotopic (exact) mass is 278 g/mol. The van der Waals surface area contributed by atoms with Crippen LogP contribution in [0.1, 0.15) is 16.3 Å². The summed E-state index contributed by atoms with van der Waals surface area (Å²) in [5, 5.41) is 5.65. The maximum Gasteiger partial charge on any atom is 0.122 e. The second-order valence-electron chi connectivity index (χ2n) is 4.90. The van der Waals surface area contributed by atoms with Gasteiger partial charge in [-0.05, 0) is 31.0 Å². The van der Waals surface area contributed by atoms with Crippen LogP contribution in [0.2, 0.25) is 0 Å². The summed E-state index contributed by atoms with van der Waals surface area (Å²) < 4.78 is 2.07. The van der Waals surface area contributed by atoms with Gasteiger partial charge < -0.3 is 9.88 Å². The van der Waals surface area contributed by atoms with Crippen molar-refractivity contribution in [1.29, 1.82) is 0 Å². The molecule has 2 aromatic rings. The number of hydrogen-bond acceptors (Lipinski definition) is 4. The zero-order valence-corrected chi connectivity index (χ0v) is 12.7. The fourth-order valence-corrected chi connectivity index (χ4v) is 2.80. The highest BCUT2D eigenvalue weighted by atomic mass is 32.1. The number of thiophene rings is 1. The lowest BCUT2D eigenvalue weighted by molar-refractivity contribution is 0.313. The Kier molecular flexibility index (Phi) is 5.13. The smallest absolute Gasteiger partial charge is 0.122 e. The molecule has 104 valence electrons. The molecule has 2 rings (SSSR count). The van der Waals surface area contributed by atoms with E-state index in [1.54, 1.807) is 0 Å². The lowest BCUT2D eigenvalue weighted by Gasteiger charge is -2.16. The van der Waals surface area contributed by atoms with E-state index in [2.05, 4.69) is 45.2 Å². The van der Waals surface area contributed by atoms with Crippen LogP contribution in [0.25, 0.3) is 0 Å². The Labute approximate surface area is 119 Å². The van der Waals surface area contributed by atoms with Gasteiger partial charge in [-0.2, -0.15) is 0 Å². The molecule has 19 heavy (non-hydrogen) atoms. The molecular weight excluding hydrogens is 256 g/mol. The number of imidazole rings is 1. The summed E-state index contributed by atoms with van der Waals surface area (Å²) in [5.74, 6) is 1.11. The molecule has 0 unspecified atom stereocenters. The largest absolute Gasteiger partial charge is 0.337 e.